The number of ether oxygens (including phenoxy) is 1. The molecule has 3 aromatic rings. The molecule has 0 heterocycles. The van der Waals surface area contributed by atoms with Gasteiger partial charge in [-0.05, 0) is 73.2 Å². The minimum atomic E-state index is -0.757. The average Bonchev–Trinajstić information content (AvgIpc) is 2.78. The molecule has 0 aliphatic heterocycles. The second kappa shape index (κ2) is 10.2. The van der Waals surface area contributed by atoms with Crippen LogP contribution < -0.4 is 15.4 Å². The summed E-state index contributed by atoms with van der Waals surface area (Å²) in [5.74, 6) is 0.288. The van der Waals surface area contributed by atoms with Gasteiger partial charge in [-0.3, -0.25) is 10.1 Å². The van der Waals surface area contributed by atoms with E-state index < -0.39 is 11.9 Å². The summed E-state index contributed by atoms with van der Waals surface area (Å²) in [7, 11) is 0. The molecule has 1 aliphatic rings. The Kier molecular flexibility index (Phi) is 7.35. The predicted octanol–water partition coefficient (Wildman–Crippen LogP) is 7.93. The van der Waals surface area contributed by atoms with Crippen molar-refractivity contribution in [3.05, 3.63) is 85.3 Å². The van der Waals surface area contributed by atoms with E-state index in [1.54, 1.807) is 30.3 Å². The van der Waals surface area contributed by atoms with E-state index in [4.69, 9.17) is 51.1 Å². The molecule has 5 nitrogen and oxygen atoms in total. The molecule has 0 spiro atoms. The lowest BCUT2D eigenvalue weighted by molar-refractivity contribution is 0.0967. The van der Waals surface area contributed by atoms with Crippen LogP contribution >= 0.6 is 46.4 Å². The molecule has 0 bridgehead atoms. The fourth-order valence-corrected chi connectivity index (χ4v) is 4.76. The van der Waals surface area contributed by atoms with Gasteiger partial charge in [0.2, 0.25) is 0 Å². The summed E-state index contributed by atoms with van der Waals surface area (Å²) < 4.78 is 6.07. The molecule has 4 rings (SSSR count). The second-order valence-electron chi connectivity index (χ2n) is 7.47. The average molecular weight is 524 g/mol. The lowest BCUT2D eigenvalue weighted by atomic mass is 9.91. The first-order chi connectivity index (χ1) is 15.8. The van der Waals surface area contributed by atoms with Crippen LogP contribution in [0.5, 0.6) is 11.5 Å². The van der Waals surface area contributed by atoms with Crippen LogP contribution in [0, 0.1) is 0 Å². The molecule has 0 radical (unpaired) electrons. The zero-order valence-corrected chi connectivity index (χ0v) is 20.2. The van der Waals surface area contributed by atoms with Crippen molar-refractivity contribution >= 4 is 64.0 Å². The van der Waals surface area contributed by atoms with E-state index in [2.05, 4.69) is 10.6 Å². The molecule has 0 saturated carbocycles. The molecule has 0 atom stereocenters. The minimum Gasteiger partial charge on any atom is -0.454 e. The topological polar surface area (TPSA) is 67.4 Å². The van der Waals surface area contributed by atoms with E-state index in [1.807, 2.05) is 0 Å². The summed E-state index contributed by atoms with van der Waals surface area (Å²) in [5, 5.41) is 6.12. The van der Waals surface area contributed by atoms with Gasteiger partial charge in [0.05, 0.1) is 20.6 Å². The van der Waals surface area contributed by atoms with Crippen molar-refractivity contribution in [3.63, 3.8) is 0 Å². The van der Waals surface area contributed by atoms with Crippen LogP contribution in [0.15, 0.2) is 48.5 Å². The number of nitrogens with one attached hydrogen (secondary N) is 2. The van der Waals surface area contributed by atoms with E-state index >= 15 is 0 Å². The van der Waals surface area contributed by atoms with Gasteiger partial charge >= 0.3 is 6.03 Å². The van der Waals surface area contributed by atoms with Crippen molar-refractivity contribution in [1.29, 1.82) is 0 Å². The van der Waals surface area contributed by atoms with Crippen LogP contribution in [0.4, 0.5) is 10.5 Å². The first kappa shape index (κ1) is 23.7. The molecule has 9 heteroatoms. The number of benzene rings is 3. The third-order valence-electron chi connectivity index (χ3n) is 5.25. The second-order valence-corrected chi connectivity index (χ2v) is 9.10. The summed E-state index contributed by atoms with van der Waals surface area (Å²) in [6.45, 7) is 0. The maximum Gasteiger partial charge on any atom is 0.326 e. The van der Waals surface area contributed by atoms with Crippen LogP contribution in [-0.4, -0.2) is 11.9 Å². The molecular formula is C24H18Cl4N2O3. The van der Waals surface area contributed by atoms with Crippen LogP contribution in [0.3, 0.4) is 0 Å². The minimum absolute atomic E-state index is 0.181. The Bertz CT molecular complexity index is 1220. The predicted molar refractivity (Wildman–Crippen MR) is 133 cm³/mol. The monoisotopic (exact) mass is 522 g/mol. The Morgan fingerprint density at radius 1 is 0.788 bits per heavy atom. The molecule has 0 aromatic heterocycles. The molecule has 0 unspecified atom stereocenters. The van der Waals surface area contributed by atoms with E-state index in [9.17, 15) is 9.59 Å². The van der Waals surface area contributed by atoms with Gasteiger partial charge < -0.3 is 10.1 Å². The van der Waals surface area contributed by atoms with Gasteiger partial charge in [-0.2, -0.15) is 0 Å². The van der Waals surface area contributed by atoms with Gasteiger partial charge in [0.15, 0.2) is 5.75 Å². The van der Waals surface area contributed by atoms with Crippen LogP contribution in [0.1, 0.15) is 34.3 Å². The summed E-state index contributed by atoms with van der Waals surface area (Å²) in [4.78, 5) is 24.5. The zero-order chi connectivity index (χ0) is 23.5. The molecular weight excluding hydrogens is 506 g/mol. The Labute approximate surface area is 210 Å². The largest absolute Gasteiger partial charge is 0.454 e. The number of anilines is 1. The van der Waals surface area contributed by atoms with E-state index in [0.717, 1.165) is 41.8 Å². The Morgan fingerprint density at radius 3 is 2.15 bits per heavy atom. The number of carbonyl (C=O) groups excluding carboxylic acids is 2. The highest BCUT2D eigenvalue weighted by molar-refractivity contribution is 6.38. The molecule has 0 fully saturated rings. The van der Waals surface area contributed by atoms with Crippen molar-refractivity contribution in [2.75, 3.05) is 5.32 Å². The third kappa shape index (κ3) is 5.39. The van der Waals surface area contributed by atoms with Crippen LogP contribution in [0.25, 0.3) is 0 Å². The maximum absolute atomic E-state index is 12.3. The number of halogens is 4. The summed E-state index contributed by atoms with van der Waals surface area (Å²) >= 11 is 25.2. The third-order valence-corrected chi connectivity index (χ3v) is 6.49. The molecule has 2 N–H and O–H groups in total. The smallest absolute Gasteiger partial charge is 0.326 e. The number of carbonyl (C=O) groups is 2. The van der Waals surface area contributed by atoms with Crippen molar-refractivity contribution in [1.82, 2.24) is 5.32 Å². The lowest BCUT2D eigenvalue weighted by Crippen LogP contribution is -2.34. The van der Waals surface area contributed by atoms with E-state index in [-0.39, 0.29) is 26.4 Å². The number of hydrogen-bond donors (Lipinski definition) is 2. The summed E-state index contributed by atoms with van der Waals surface area (Å²) in [5.41, 5.74) is 2.62. The summed E-state index contributed by atoms with van der Waals surface area (Å²) in [6.07, 6.45) is 3.90. The lowest BCUT2D eigenvalue weighted by Gasteiger charge is -2.21. The number of urea groups is 1. The summed E-state index contributed by atoms with van der Waals surface area (Å²) in [6, 6.07) is 12.2. The van der Waals surface area contributed by atoms with Crippen molar-refractivity contribution in [3.8, 4) is 11.5 Å². The quantitative estimate of drug-likeness (QED) is 0.364. The van der Waals surface area contributed by atoms with E-state index in [1.165, 1.54) is 18.2 Å². The van der Waals surface area contributed by atoms with E-state index in [0.29, 0.717) is 11.4 Å². The van der Waals surface area contributed by atoms with Gasteiger partial charge in [-0.1, -0.05) is 58.5 Å². The number of rotatable bonds is 4. The molecule has 0 saturated heterocycles. The first-order valence-electron chi connectivity index (χ1n) is 10.2. The van der Waals surface area contributed by atoms with Gasteiger partial charge in [0.25, 0.3) is 5.91 Å². The Balaban J connectivity index is 1.49. The van der Waals surface area contributed by atoms with Crippen molar-refractivity contribution < 1.29 is 14.3 Å². The van der Waals surface area contributed by atoms with Gasteiger partial charge in [-0.15, -0.1) is 0 Å². The molecule has 170 valence electrons. The zero-order valence-electron chi connectivity index (χ0n) is 17.2. The highest BCUT2D eigenvalue weighted by atomic mass is 35.5. The van der Waals surface area contributed by atoms with Gasteiger partial charge in [-0.25, -0.2) is 4.79 Å². The fourth-order valence-electron chi connectivity index (χ4n) is 3.70. The first-order valence-corrected chi connectivity index (χ1v) is 11.7. The Hall–Kier alpha value is -2.44. The van der Waals surface area contributed by atoms with Crippen molar-refractivity contribution in [2.45, 2.75) is 25.7 Å². The molecule has 3 amide bonds. The number of amides is 3. The molecule has 3 aromatic carbocycles. The maximum atomic E-state index is 12.3. The SMILES string of the molecule is O=C(NC(=O)c1ccccc1Cl)Nc1cc(Cl)c(Oc2ccc(Cl)c3c2CCCC3)c(Cl)c1. The van der Waals surface area contributed by atoms with Crippen LogP contribution in [0.2, 0.25) is 20.1 Å². The van der Waals surface area contributed by atoms with Crippen molar-refractivity contribution in [2.24, 2.45) is 0 Å². The standard InChI is InChI=1S/C24H18Cl4N2O3/c25-17-8-4-3-7-16(17)23(31)30-24(32)29-13-11-19(27)22(20(28)12-13)33-21-10-9-18(26)14-5-1-2-6-15(14)21/h3-4,7-12H,1-2,5-6H2,(H2,29,30,31,32). The number of hydrogen-bond acceptors (Lipinski definition) is 3. The number of fused-ring (bicyclic) bond motifs is 1. The normalized spacial score (nSPS) is 12.6. The highest BCUT2D eigenvalue weighted by Gasteiger charge is 2.20. The van der Waals surface area contributed by atoms with Crippen LogP contribution in [-0.2, 0) is 12.8 Å². The highest BCUT2D eigenvalue weighted by Crippen LogP contribution is 2.42. The fraction of sp³-hybridized carbons (Fsp3) is 0.167. The van der Waals surface area contributed by atoms with Gasteiger partial charge in [0, 0.05) is 10.7 Å². The van der Waals surface area contributed by atoms with Gasteiger partial charge in [0.1, 0.15) is 5.75 Å². The molecule has 33 heavy (non-hydrogen) atoms. The Morgan fingerprint density at radius 2 is 1.45 bits per heavy atom. The number of imide groups is 1. The molecule has 1 aliphatic carbocycles.